The average Bonchev–Trinajstić information content (AvgIpc) is 2.57. The Morgan fingerprint density at radius 3 is 2.46 bits per heavy atom. The summed E-state index contributed by atoms with van der Waals surface area (Å²) < 4.78 is 0.892. The summed E-state index contributed by atoms with van der Waals surface area (Å²) in [6.45, 7) is 2.69. The van der Waals surface area contributed by atoms with Crippen molar-refractivity contribution in [1.82, 2.24) is 10.2 Å². The Labute approximate surface area is 162 Å². The lowest BCUT2D eigenvalue weighted by Gasteiger charge is -2.25. The maximum Gasteiger partial charge on any atom is 0.252 e. The molecule has 0 saturated carbocycles. The predicted molar refractivity (Wildman–Crippen MR) is 109 cm³/mol. The first kappa shape index (κ1) is 19.2. The van der Waals surface area contributed by atoms with Crippen LogP contribution in [0.15, 0.2) is 42.5 Å². The summed E-state index contributed by atoms with van der Waals surface area (Å²) in [4.78, 5) is 14.6. The van der Waals surface area contributed by atoms with Gasteiger partial charge in [-0.05, 0) is 72.4 Å². The third-order valence-corrected chi connectivity index (χ3v) is 5.20. The van der Waals surface area contributed by atoms with Crippen LogP contribution in [-0.4, -0.2) is 31.4 Å². The van der Waals surface area contributed by atoms with Crippen molar-refractivity contribution in [2.45, 2.75) is 19.4 Å². The molecule has 2 aromatic carbocycles. The third kappa shape index (κ3) is 4.94. The molecule has 1 amide bonds. The van der Waals surface area contributed by atoms with Crippen molar-refractivity contribution in [2.24, 2.45) is 0 Å². The van der Waals surface area contributed by atoms with E-state index in [-0.39, 0.29) is 11.9 Å². The second-order valence-corrected chi connectivity index (χ2v) is 7.51. The van der Waals surface area contributed by atoms with E-state index in [2.05, 4.69) is 64.0 Å². The lowest BCUT2D eigenvalue weighted by Crippen LogP contribution is -2.34. The largest absolute Gasteiger partial charge is 0.350 e. The van der Waals surface area contributed by atoms with Crippen LogP contribution in [-0.2, 0) is 6.42 Å². The molecule has 0 aliphatic heterocycles. The number of amides is 1. The van der Waals surface area contributed by atoms with Crippen molar-refractivity contribution in [2.75, 3.05) is 20.6 Å². The first-order valence-electron chi connectivity index (χ1n) is 7.91. The fourth-order valence-corrected chi connectivity index (χ4v) is 3.28. The molecule has 2 rings (SSSR count). The minimum Gasteiger partial charge on any atom is -0.350 e. The Morgan fingerprint density at radius 1 is 1.21 bits per heavy atom. The Bertz CT molecular complexity index is 701. The summed E-state index contributed by atoms with van der Waals surface area (Å²) in [6, 6.07) is 14.0. The van der Waals surface area contributed by atoms with Gasteiger partial charge in [-0.3, -0.25) is 4.79 Å². The summed E-state index contributed by atoms with van der Waals surface area (Å²) in [5.74, 6) is -0.0982. The lowest BCUT2D eigenvalue weighted by atomic mass is 10.0. The highest BCUT2D eigenvalue weighted by Crippen LogP contribution is 2.20. The van der Waals surface area contributed by atoms with Gasteiger partial charge in [-0.15, -0.1) is 0 Å². The van der Waals surface area contributed by atoms with E-state index in [1.807, 2.05) is 20.2 Å². The first-order valence-corrected chi connectivity index (χ1v) is 9.36. The second-order valence-electron chi connectivity index (χ2n) is 5.91. The molecule has 2 aromatic rings. The molecule has 24 heavy (non-hydrogen) atoms. The molecular formula is C19H22ClIN2O. The van der Waals surface area contributed by atoms with Crippen molar-refractivity contribution >= 4 is 40.1 Å². The maximum absolute atomic E-state index is 12.5. The van der Waals surface area contributed by atoms with Gasteiger partial charge in [0.15, 0.2) is 0 Å². The van der Waals surface area contributed by atoms with Crippen LogP contribution >= 0.6 is 34.2 Å². The van der Waals surface area contributed by atoms with E-state index in [9.17, 15) is 4.79 Å². The number of nitrogens with one attached hydrogen (secondary N) is 1. The molecule has 3 nitrogen and oxygen atoms in total. The molecule has 0 aliphatic rings. The van der Waals surface area contributed by atoms with Crippen molar-refractivity contribution in [3.63, 3.8) is 0 Å². The minimum absolute atomic E-state index is 0.0982. The third-order valence-electron chi connectivity index (χ3n) is 4.03. The van der Waals surface area contributed by atoms with Gasteiger partial charge in [0.1, 0.15) is 0 Å². The molecular weight excluding hydrogens is 435 g/mol. The van der Waals surface area contributed by atoms with Crippen molar-refractivity contribution in [1.29, 1.82) is 0 Å². The number of hydrogen-bond donors (Lipinski definition) is 1. The lowest BCUT2D eigenvalue weighted by molar-refractivity contribution is 0.0941. The molecule has 128 valence electrons. The van der Waals surface area contributed by atoms with Gasteiger partial charge < -0.3 is 10.2 Å². The van der Waals surface area contributed by atoms with Gasteiger partial charge in [0.25, 0.3) is 5.91 Å². The van der Waals surface area contributed by atoms with Gasteiger partial charge >= 0.3 is 0 Å². The van der Waals surface area contributed by atoms with E-state index in [1.165, 1.54) is 11.1 Å². The zero-order valence-corrected chi connectivity index (χ0v) is 17.1. The fourth-order valence-electron chi connectivity index (χ4n) is 2.53. The van der Waals surface area contributed by atoms with Crippen LogP contribution in [0.4, 0.5) is 0 Å². The summed E-state index contributed by atoms with van der Waals surface area (Å²) in [6.07, 6.45) is 1.02. The molecule has 0 radical (unpaired) electrons. The molecule has 0 spiro atoms. The van der Waals surface area contributed by atoms with Gasteiger partial charge in [-0.2, -0.15) is 0 Å². The quantitative estimate of drug-likeness (QED) is 0.647. The Hall–Kier alpha value is -1.11. The van der Waals surface area contributed by atoms with E-state index in [4.69, 9.17) is 11.6 Å². The van der Waals surface area contributed by atoms with E-state index < -0.39 is 0 Å². The van der Waals surface area contributed by atoms with Crippen LogP contribution in [0.1, 0.15) is 34.5 Å². The number of likely N-dealkylation sites (N-methyl/N-ethyl adjacent to an activating group) is 1. The minimum atomic E-state index is -0.0982. The van der Waals surface area contributed by atoms with E-state index in [0.717, 1.165) is 9.99 Å². The van der Waals surface area contributed by atoms with E-state index >= 15 is 0 Å². The molecule has 0 saturated heterocycles. The first-order chi connectivity index (χ1) is 11.4. The number of halogens is 2. The summed E-state index contributed by atoms with van der Waals surface area (Å²) in [5.41, 5.74) is 3.12. The van der Waals surface area contributed by atoms with Crippen LogP contribution < -0.4 is 5.32 Å². The average molecular weight is 457 g/mol. The molecule has 0 aromatic heterocycles. The monoisotopic (exact) mass is 456 g/mol. The molecule has 0 fully saturated rings. The highest BCUT2D eigenvalue weighted by Gasteiger charge is 2.17. The zero-order valence-electron chi connectivity index (χ0n) is 14.1. The highest BCUT2D eigenvalue weighted by atomic mass is 127. The molecule has 0 heterocycles. The topological polar surface area (TPSA) is 32.3 Å². The van der Waals surface area contributed by atoms with Gasteiger partial charge in [0.2, 0.25) is 0 Å². The normalized spacial score (nSPS) is 12.2. The number of nitrogens with zero attached hydrogens (tertiary/aromatic N) is 1. The standard InChI is InChI=1S/C19H22ClIN2O/c1-4-13-5-7-14(8-6-13)18(23(2)3)12-22-19(24)16-11-15(20)9-10-17(16)21/h5-11,18H,4,12H2,1-3H3,(H,22,24). The van der Waals surface area contributed by atoms with Crippen LogP contribution in [0, 0.1) is 3.57 Å². The molecule has 5 heteroatoms. The maximum atomic E-state index is 12.5. The number of aryl methyl sites for hydroxylation is 1. The zero-order chi connectivity index (χ0) is 17.7. The molecule has 1 N–H and O–H groups in total. The number of rotatable bonds is 6. The summed E-state index contributed by atoms with van der Waals surface area (Å²) in [5, 5.41) is 3.60. The smallest absolute Gasteiger partial charge is 0.252 e. The number of carbonyl (C=O) groups is 1. The number of benzene rings is 2. The van der Waals surface area contributed by atoms with Gasteiger partial charge in [-0.1, -0.05) is 42.8 Å². The SMILES string of the molecule is CCc1ccc(C(CNC(=O)c2cc(Cl)ccc2I)N(C)C)cc1. The summed E-state index contributed by atoms with van der Waals surface area (Å²) >= 11 is 8.16. The van der Waals surface area contributed by atoms with Crippen LogP contribution in [0.5, 0.6) is 0 Å². The molecule has 1 atom stereocenters. The molecule has 0 bridgehead atoms. The van der Waals surface area contributed by atoms with Crippen molar-refractivity contribution in [3.8, 4) is 0 Å². The Kier molecular flexibility index (Phi) is 7.07. The molecule has 0 aliphatic carbocycles. The van der Waals surface area contributed by atoms with Gasteiger partial charge in [0.05, 0.1) is 11.6 Å². The molecule has 1 unspecified atom stereocenters. The second kappa shape index (κ2) is 8.83. The van der Waals surface area contributed by atoms with Crippen LogP contribution in [0.3, 0.4) is 0 Å². The van der Waals surface area contributed by atoms with Crippen LogP contribution in [0.2, 0.25) is 5.02 Å². The van der Waals surface area contributed by atoms with Crippen molar-refractivity contribution < 1.29 is 4.79 Å². The van der Waals surface area contributed by atoms with Gasteiger partial charge in [0, 0.05) is 15.1 Å². The number of hydrogen-bond acceptors (Lipinski definition) is 2. The van der Waals surface area contributed by atoms with E-state index in [1.54, 1.807) is 12.1 Å². The van der Waals surface area contributed by atoms with Crippen LogP contribution in [0.25, 0.3) is 0 Å². The fraction of sp³-hybridized carbons (Fsp3) is 0.316. The predicted octanol–water partition coefficient (Wildman–Crippen LogP) is 4.54. The Morgan fingerprint density at radius 2 is 1.88 bits per heavy atom. The van der Waals surface area contributed by atoms with E-state index in [0.29, 0.717) is 17.1 Å². The summed E-state index contributed by atoms with van der Waals surface area (Å²) in [7, 11) is 4.04. The highest BCUT2D eigenvalue weighted by molar-refractivity contribution is 14.1. The van der Waals surface area contributed by atoms with Gasteiger partial charge in [-0.25, -0.2) is 0 Å². The Balaban J connectivity index is 2.10. The number of carbonyl (C=O) groups excluding carboxylic acids is 1. The van der Waals surface area contributed by atoms with Crippen molar-refractivity contribution in [3.05, 3.63) is 67.7 Å².